The van der Waals surface area contributed by atoms with Gasteiger partial charge in [0.25, 0.3) is 5.69 Å². The fourth-order valence-electron chi connectivity index (χ4n) is 1.98. The Morgan fingerprint density at radius 1 is 1.20 bits per heavy atom. The van der Waals surface area contributed by atoms with Gasteiger partial charge in [-0.05, 0) is 35.9 Å². The zero-order chi connectivity index (χ0) is 18.1. The van der Waals surface area contributed by atoms with E-state index in [-0.39, 0.29) is 11.6 Å². The lowest BCUT2D eigenvalue weighted by Crippen LogP contribution is -2.08. The first-order valence-electron chi connectivity index (χ1n) is 7.54. The normalized spacial score (nSPS) is 10.6. The standard InChI is InChI=1S/C18H18N2O5/c1-24-11-12-25-17-8-6-15(7-9-17)19-18(21)10-5-14-3-2-4-16(13-14)20(22)23/h2-10,13H,11-12H2,1H3,(H,19,21)/b10-5+. The van der Waals surface area contributed by atoms with E-state index >= 15 is 0 Å². The third kappa shape index (κ3) is 6.08. The number of benzene rings is 2. The number of rotatable bonds is 8. The molecule has 7 nitrogen and oxygen atoms in total. The molecule has 25 heavy (non-hydrogen) atoms. The molecule has 0 spiro atoms. The maximum atomic E-state index is 11.9. The summed E-state index contributed by atoms with van der Waals surface area (Å²) in [7, 11) is 1.60. The summed E-state index contributed by atoms with van der Waals surface area (Å²) in [6.07, 6.45) is 2.84. The summed E-state index contributed by atoms with van der Waals surface area (Å²) in [5.41, 5.74) is 1.17. The molecule has 0 saturated carbocycles. The van der Waals surface area contributed by atoms with E-state index in [1.807, 2.05) is 0 Å². The Bertz CT molecular complexity index is 756. The van der Waals surface area contributed by atoms with Crippen LogP contribution in [-0.2, 0) is 9.53 Å². The van der Waals surface area contributed by atoms with Gasteiger partial charge in [0.1, 0.15) is 12.4 Å². The predicted octanol–water partition coefficient (Wildman–Crippen LogP) is 3.27. The number of ether oxygens (including phenoxy) is 2. The summed E-state index contributed by atoms with van der Waals surface area (Å²) < 4.78 is 10.3. The van der Waals surface area contributed by atoms with Crippen LogP contribution in [0.5, 0.6) is 5.75 Å². The summed E-state index contributed by atoms with van der Waals surface area (Å²) >= 11 is 0. The van der Waals surface area contributed by atoms with Crippen LogP contribution < -0.4 is 10.1 Å². The number of hydrogen-bond donors (Lipinski definition) is 1. The average Bonchev–Trinajstić information content (AvgIpc) is 2.62. The minimum atomic E-state index is -0.478. The molecule has 0 bridgehead atoms. The number of carbonyl (C=O) groups is 1. The summed E-state index contributed by atoms with van der Waals surface area (Å²) in [5, 5.41) is 13.4. The Balaban J connectivity index is 1.91. The maximum Gasteiger partial charge on any atom is 0.270 e. The number of methoxy groups -OCH3 is 1. The molecule has 0 heterocycles. The second kappa shape index (κ2) is 9.19. The number of nitro groups is 1. The summed E-state index contributed by atoms with van der Waals surface area (Å²) in [6.45, 7) is 0.953. The first-order chi connectivity index (χ1) is 12.1. The van der Waals surface area contributed by atoms with E-state index in [0.29, 0.717) is 30.2 Å². The number of non-ortho nitro benzene ring substituents is 1. The van der Waals surface area contributed by atoms with Crippen LogP contribution in [0.3, 0.4) is 0 Å². The highest BCUT2D eigenvalue weighted by molar-refractivity contribution is 6.01. The Labute approximate surface area is 145 Å². The van der Waals surface area contributed by atoms with Crippen molar-refractivity contribution in [3.63, 3.8) is 0 Å². The number of nitrogens with zero attached hydrogens (tertiary/aromatic N) is 1. The van der Waals surface area contributed by atoms with Crippen LogP contribution in [0.4, 0.5) is 11.4 Å². The van der Waals surface area contributed by atoms with Gasteiger partial charge >= 0.3 is 0 Å². The summed E-state index contributed by atoms with van der Waals surface area (Å²) in [4.78, 5) is 22.2. The van der Waals surface area contributed by atoms with E-state index in [9.17, 15) is 14.9 Å². The van der Waals surface area contributed by atoms with Gasteiger partial charge < -0.3 is 14.8 Å². The fraction of sp³-hybridized carbons (Fsp3) is 0.167. The van der Waals surface area contributed by atoms with E-state index in [1.165, 1.54) is 24.3 Å². The fourth-order valence-corrected chi connectivity index (χ4v) is 1.98. The molecule has 1 amide bonds. The maximum absolute atomic E-state index is 11.9. The molecular weight excluding hydrogens is 324 g/mol. The number of nitrogens with one attached hydrogen (secondary N) is 1. The Hall–Kier alpha value is -3.19. The van der Waals surface area contributed by atoms with Crippen LogP contribution >= 0.6 is 0 Å². The van der Waals surface area contributed by atoms with Gasteiger partial charge in [-0.3, -0.25) is 14.9 Å². The predicted molar refractivity (Wildman–Crippen MR) is 94.6 cm³/mol. The van der Waals surface area contributed by atoms with E-state index in [2.05, 4.69) is 5.32 Å². The number of amides is 1. The highest BCUT2D eigenvalue weighted by atomic mass is 16.6. The molecule has 7 heteroatoms. The van der Waals surface area contributed by atoms with Crippen molar-refractivity contribution in [3.05, 3.63) is 70.3 Å². The smallest absolute Gasteiger partial charge is 0.270 e. The van der Waals surface area contributed by atoms with Crippen LogP contribution in [0.15, 0.2) is 54.6 Å². The molecule has 2 aromatic rings. The van der Waals surface area contributed by atoms with Crippen LogP contribution in [0, 0.1) is 10.1 Å². The average molecular weight is 342 g/mol. The van der Waals surface area contributed by atoms with Crippen molar-refractivity contribution < 1.29 is 19.2 Å². The Kier molecular flexibility index (Phi) is 6.67. The third-order valence-electron chi connectivity index (χ3n) is 3.19. The molecule has 0 aliphatic rings. The molecule has 0 radical (unpaired) electrons. The first kappa shape index (κ1) is 18.2. The topological polar surface area (TPSA) is 90.7 Å². The number of hydrogen-bond acceptors (Lipinski definition) is 5. The van der Waals surface area contributed by atoms with Crippen LogP contribution in [0.2, 0.25) is 0 Å². The van der Waals surface area contributed by atoms with Gasteiger partial charge in [-0.1, -0.05) is 12.1 Å². The summed E-state index contributed by atoms with van der Waals surface area (Å²) in [5.74, 6) is 0.349. The molecular formula is C18H18N2O5. The molecule has 0 saturated heterocycles. The lowest BCUT2D eigenvalue weighted by atomic mass is 10.2. The van der Waals surface area contributed by atoms with Crippen molar-refractivity contribution >= 4 is 23.4 Å². The van der Waals surface area contributed by atoms with E-state index in [4.69, 9.17) is 9.47 Å². The number of anilines is 1. The van der Waals surface area contributed by atoms with Crippen LogP contribution in [0.1, 0.15) is 5.56 Å². The van der Waals surface area contributed by atoms with Crippen molar-refractivity contribution in [1.29, 1.82) is 0 Å². The van der Waals surface area contributed by atoms with E-state index in [1.54, 1.807) is 43.5 Å². The van der Waals surface area contributed by atoms with Crippen molar-refractivity contribution in [2.24, 2.45) is 0 Å². The monoisotopic (exact) mass is 342 g/mol. The van der Waals surface area contributed by atoms with E-state index in [0.717, 1.165) is 0 Å². The van der Waals surface area contributed by atoms with E-state index < -0.39 is 4.92 Å². The zero-order valence-corrected chi connectivity index (χ0v) is 13.7. The van der Waals surface area contributed by atoms with Crippen LogP contribution in [0.25, 0.3) is 6.08 Å². The Morgan fingerprint density at radius 3 is 2.64 bits per heavy atom. The van der Waals surface area contributed by atoms with Gasteiger partial charge in [0.2, 0.25) is 5.91 Å². The molecule has 1 N–H and O–H groups in total. The highest BCUT2D eigenvalue weighted by Crippen LogP contribution is 2.16. The largest absolute Gasteiger partial charge is 0.491 e. The number of nitro benzene ring substituents is 1. The third-order valence-corrected chi connectivity index (χ3v) is 3.19. The van der Waals surface area contributed by atoms with Crippen molar-refractivity contribution in [1.82, 2.24) is 0 Å². The zero-order valence-electron chi connectivity index (χ0n) is 13.7. The van der Waals surface area contributed by atoms with Gasteiger partial charge in [0, 0.05) is 31.0 Å². The van der Waals surface area contributed by atoms with Crippen molar-refractivity contribution in [2.45, 2.75) is 0 Å². The molecule has 130 valence electrons. The van der Waals surface area contributed by atoms with Crippen LogP contribution in [-0.4, -0.2) is 31.2 Å². The second-order valence-electron chi connectivity index (χ2n) is 5.04. The lowest BCUT2D eigenvalue weighted by Gasteiger charge is -2.07. The summed E-state index contributed by atoms with van der Waals surface area (Å²) in [6, 6.07) is 13.0. The van der Waals surface area contributed by atoms with Crippen molar-refractivity contribution in [3.8, 4) is 5.75 Å². The molecule has 0 aliphatic heterocycles. The minimum Gasteiger partial charge on any atom is -0.491 e. The molecule has 2 rings (SSSR count). The highest BCUT2D eigenvalue weighted by Gasteiger charge is 2.04. The molecule has 2 aromatic carbocycles. The molecule has 0 unspecified atom stereocenters. The molecule has 0 aliphatic carbocycles. The molecule has 0 atom stereocenters. The minimum absolute atomic E-state index is 0.0216. The van der Waals surface area contributed by atoms with Crippen molar-refractivity contribution in [2.75, 3.05) is 25.6 Å². The quantitative estimate of drug-likeness (QED) is 0.344. The molecule has 0 fully saturated rings. The first-order valence-corrected chi connectivity index (χ1v) is 7.54. The van der Waals surface area contributed by atoms with Gasteiger partial charge in [0.15, 0.2) is 0 Å². The second-order valence-corrected chi connectivity index (χ2v) is 5.04. The number of carbonyl (C=O) groups excluding carboxylic acids is 1. The lowest BCUT2D eigenvalue weighted by molar-refractivity contribution is -0.384. The molecule has 0 aromatic heterocycles. The van der Waals surface area contributed by atoms with Gasteiger partial charge in [-0.25, -0.2) is 0 Å². The SMILES string of the molecule is COCCOc1ccc(NC(=O)/C=C/c2cccc([N+](=O)[O-])c2)cc1. The van der Waals surface area contributed by atoms with Gasteiger partial charge in [0.05, 0.1) is 11.5 Å². The van der Waals surface area contributed by atoms with Gasteiger partial charge in [-0.15, -0.1) is 0 Å². The Morgan fingerprint density at radius 2 is 1.96 bits per heavy atom. The van der Waals surface area contributed by atoms with Gasteiger partial charge in [-0.2, -0.15) is 0 Å².